The van der Waals surface area contributed by atoms with Crippen molar-refractivity contribution in [1.82, 2.24) is 19.7 Å². The van der Waals surface area contributed by atoms with Gasteiger partial charge >= 0.3 is 0 Å². The van der Waals surface area contributed by atoms with Gasteiger partial charge in [-0.3, -0.25) is 14.5 Å². The van der Waals surface area contributed by atoms with Crippen LogP contribution in [0.25, 0.3) is 22.0 Å². The van der Waals surface area contributed by atoms with Crippen LogP contribution >= 0.6 is 0 Å². The highest BCUT2D eigenvalue weighted by Gasteiger charge is 2.43. The summed E-state index contributed by atoms with van der Waals surface area (Å²) < 4.78 is 60.5. The predicted molar refractivity (Wildman–Crippen MR) is 134 cm³/mol. The molecule has 0 fully saturated rings. The number of amides is 1. The summed E-state index contributed by atoms with van der Waals surface area (Å²) in [4.78, 5) is 17.9. The van der Waals surface area contributed by atoms with Crippen LogP contribution < -0.4 is 4.74 Å². The minimum Gasteiger partial charge on any atom is -0.475 e. The zero-order valence-corrected chi connectivity index (χ0v) is 20.6. The minimum atomic E-state index is -3.41. The van der Waals surface area contributed by atoms with Crippen LogP contribution in [0.4, 0.5) is 8.78 Å². The van der Waals surface area contributed by atoms with E-state index in [4.69, 9.17) is 20.4 Å². The van der Waals surface area contributed by atoms with Crippen molar-refractivity contribution in [3.8, 4) is 16.9 Å². The quantitative estimate of drug-likeness (QED) is 0.364. The molecule has 3 heterocycles. The van der Waals surface area contributed by atoms with Crippen molar-refractivity contribution in [3.63, 3.8) is 0 Å². The molecular weight excluding hydrogens is 500 g/mol. The van der Waals surface area contributed by atoms with E-state index in [1.54, 1.807) is 25.4 Å². The molecule has 8 nitrogen and oxygen atoms in total. The Morgan fingerprint density at radius 1 is 1.11 bits per heavy atom. The highest BCUT2D eigenvalue weighted by Crippen LogP contribution is 2.37. The van der Waals surface area contributed by atoms with Crippen LogP contribution in [0.2, 0.25) is 0 Å². The minimum absolute atomic E-state index is 0.120. The number of pyridine rings is 1. The van der Waals surface area contributed by atoms with Gasteiger partial charge in [-0.15, -0.1) is 0 Å². The molecule has 1 aliphatic heterocycles. The van der Waals surface area contributed by atoms with Gasteiger partial charge in [0.1, 0.15) is 22.9 Å². The van der Waals surface area contributed by atoms with Gasteiger partial charge in [-0.2, -0.15) is 5.10 Å². The summed E-state index contributed by atoms with van der Waals surface area (Å²) in [5.41, 5.74) is 0.880. The number of carbonyl (C=O) groups excluding carboxylic acids is 1. The van der Waals surface area contributed by atoms with E-state index < -0.39 is 45.2 Å². The number of rotatable bonds is 6. The fourth-order valence-corrected chi connectivity index (χ4v) is 4.68. The number of carbonyl (C=O) groups is 1. The number of ether oxygens (including phenoxy) is 1. The zero-order valence-electron chi connectivity index (χ0n) is 19.8. The number of hydrogen-bond donors (Lipinski definition) is 0. The largest absolute Gasteiger partial charge is 0.475 e. The lowest BCUT2D eigenvalue weighted by Gasteiger charge is -2.33. The summed E-state index contributed by atoms with van der Waals surface area (Å²) in [7, 11) is 10.5. The summed E-state index contributed by atoms with van der Waals surface area (Å²) in [6, 6.07) is 8.37. The first-order chi connectivity index (χ1) is 17.4. The molecule has 0 spiro atoms. The second kappa shape index (κ2) is 8.69. The number of aromatic nitrogens is 3. The second-order valence-electron chi connectivity index (χ2n) is 8.90. The molecule has 0 N–H and O–H groups in total. The molecule has 0 saturated heterocycles. The lowest BCUT2D eigenvalue weighted by atomic mass is 9.59. The number of nitrogens with zero attached hydrogens (tertiary/aromatic N) is 4. The smallest absolute Gasteiger partial charge is 0.255 e. The molecule has 1 amide bonds. The maximum absolute atomic E-state index is 15.3. The van der Waals surface area contributed by atoms with Crippen molar-refractivity contribution in [1.29, 1.82) is 0 Å². The van der Waals surface area contributed by atoms with Gasteiger partial charge in [-0.25, -0.2) is 17.2 Å². The Hall–Kier alpha value is -3.73. The van der Waals surface area contributed by atoms with Gasteiger partial charge in [0.05, 0.1) is 33.5 Å². The van der Waals surface area contributed by atoms with Crippen LogP contribution in [-0.4, -0.2) is 61.9 Å². The molecule has 0 saturated carbocycles. The normalized spacial score (nSPS) is 14.8. The number of halogens is 2. The molecule has 184 valence electrons. The van der Waals surface area contributed by atoms with Gasteiger partial charge in [0.15, 0.2) is 15.8 Å². The third kappa shape index (κ3) is 4.37. The summed E-state index contributed by atoms with van der Waals surface area (Å²) in [5, 5.41) is 2.97. The number of benzene rings is 2. The second-order valence-corrected chi connectivity index (χ2v) is 11.0. The lowest BCUT2D eigenvalue weighted by molar-refractivity contribution is 0.0727. The van der Waals surface area contributed by atoms with E-state index in [9.17, 15) is 13.2 Å². The lowest BCUT2D eigenvalue weighted by Crippen LogP contribution is -2.45. The fourth-order valence-electron chi connectivity index (χ4n) is 4.34. The van der Waals surface area contributed by atoms with Gasteiger partial charge in [0.25, 0.3) is 5.91 Å². The first-order valence-corrected chi connectivity index (χ1v) is 13.0. The van der Waals surface area contributed by atoms with Crippen LogP contribution in [0.1, 0.15) is 21.6 Å². The Kier molecular flexibility index (Phi) is 5.86. The van der Waals surface area contributed by atoms with E-state index in [0.717, 1.165) is 23.3 Å². The maximum Gasteiger partial charge on any atom is 0.255 e. The van der Waals surface area contributed by atoms with Gasteiger partial charge < -0.3 is 9.64 Å². The van der Waals surface area contributed by atoms with Gasteiger partial charge in [0, 0.05) is 42.0 Å². The van der Waals surface area contributed by atoms with Crippen LogP contribution in [0.3, 0.4) is 0 Å². The van der Waals surface area contributed by atoms with Crippen molar-refractivity contribution >= 4 is 42.3 Å². The predicted octanol–water partition coefficient (Wildman–Crippen LogP) is 2.40. The van der Waals surface area contributed by atoms with Crippen LogP contribution in [-0.2, 0) is 28.8 Å². The van der Waals surface area contributed by atoms with Crippen LogP contribution in [0.15, 0.2) is 48.8 Å². The average molecular weight is 518 g/mol. The molecule has 4 radical (unpaired) electrons. The summed E-state index contributed by atoms with van der Waals surface area (Å²) in [6.07, 6.45) is 4.09. The SMILES string of the molecule is [B]C1([B])c2ncccc2C(=O)N1Cc1c(F)cc(-c2ccc(OCS(C)(=O)=O)c3nn(C)cc23)cc1F. The van der Waals surface area contributed by atoms with Crippen molar-refractivity contribution in [3.05, 3.63) is 77.2 Å². The zero-order chi connectivity index (χ0) is 26.7. The molecule has 2 aromatic carbocycles. The molecule has 4 aromatic rings. The first kappa shape index (κ1) is 24.9. The fraction of sp³-hybridized carbons (Fsp3) is 0.208. The standard InChI is InChI=1S/C24H18B2F2N4O4S/c1-31-10-16-14(5-6-20(21(16)30-31)36-12-37(2,34)35)13-8-18(27)17(19(28)9-13)11-32-23(33)15-4-3-7-29-22(15)24(32,25)26/h3-10H,11-12H2,1-2H3. The van der Waals surface area contributed by atoms with Crippen molar-refractivity contribution in [2.24, 2.45) is 7.05 Å². The Labute approximate surface area is 214 Å². The van der Waals surface area contributed by atoms with E-state index in [1.165, 1.54) is 23.0 Å². The van der Waals surface area contributed by atoms with E-state index in [-0.39, 0.29) is 28.1 Å². The molecule has 2 aromatic heterocycles. The molecule has 0 atom stereocenters. The molecule has 0 bridgehead atoms. The molecule has 0 aliphatic carbocycles. The van der Waals surface area contributed by atoms with Gasteiger partial charge in [-0.05, 0) is 47.5 Å². The van der Waals surface area contributed by atoms with Crippen LogP contribution in [0.5, 0.6) is 5.75 Å². The van der Waals surface area contributed by atoms with Crippen molar-refractivity contribution in [2.75, 3.05) is 12.2 Å². The maximum atomic E-state index is 15.3. The Morgan fingerprint density at radius 3 is 2.46 bits per heavy atom. The van der Waals surface area contributed by atoms with Gasteiger partial charge in [0.2, 0.25) is 0 Å². The molecule has 1 aliphatic rings. The van der Waals surface area contributed by atoms with Gasteiger partial charge in [-0.1, -0.05) is 0 Å². The molecule has 0 unspecified atom stereocenters. The van der Waals surface area contributed by atoms with Crippen LogP contribution in [0, 0.1) is 11.6 Å². The monoisotopic (exact) mass is 518 g/mol. The highest BCUT2D eigenvalue weighted by atomic mass is 32.2. The molecule has 5 rings (SSSR count). The summed E-state index contributed by atoms with van der Waals surface area (Å²) in [5.74, 6) is -2.73. The first-order valence-electron chi connectivity index (χ1n) is 11.0. The van der Waals surface area contributed by atoms with Crippen molar-refractivity contribution < 1.29 is 26.7 Å². The van der Waals surface area contributed by atoms with Crippen molar-refractivity contribution in [2.45, 2.75) is 11.9 Å². The highest BCUT2D eigenvalue weighted by molar-refractivity contribution is 7.90. The Balaban J connectivity index is 1.51. The molecule has 13 heteroatoms. The topological polar surface area (TPSA) is 94.4 Å². The number of sulfone groups is 1. The van der Waals surface area contributed by atoms with E-state index >= 15 is 8.78 Å². The molecular formula is C24H18B2F2N4O4S. The van der Waals surface area contributed by atoms with E-state index in [2.05, 4.69) is 10.1 Å². The average Bonchev–Trinajstić information content (AvgIpc) is 3.30. The number of aryl methyl sites for hydroxylation is 1. The van der Waals surface area contributed by atoms with E-state index in [0.29, 0.717) is 16.5 Å². The third-order valence-corrected chi connectivity index (χ3v) is 6.61. The Bertz CT molecular complexity index is 1670. The number of hydrogen-bond acceptors (Lipinski definition) is 6. The summed E-state index contributed by atoms with van der Waals surface area (Å²) >= 11 is 0. The van der Waals surface area contributed by atoms with E-state index in [1.807, 2.05) is 0 Å². The Morgan fingerprint density at radius 2 is 1.81 bits per heavy atom. The number of fused-ring (bicyclic) bond motifs is 2. The molecule has 37 heavy (non-hydrogen) atoms. The summed E-state index contributed by atoms with van der Waals surface area (Å²) in [6.45, 7) is -0.513. The third-order valence-electron chi connectivity index (χ3n) is 6.06.